The van der Waals surface area contributed by atoms with Gasteiger partial charge in [0.05, 0.1) is 12.7 Å². The first-order chi connectivity index (χ1) is 8.23. The number of aliphatic hydroxyl groups is 5. The Morgan fingerprint density at radius 2 is 2.00 bits per heavy atom. The van der Waals surface area contributed by atoms with Crippen molar-refractivity contribution in [3.05, 3.63) is 0 Å². The second-order valence-corrected chi connectivity index (χ2v) is 4.90. The molecule has 18 heavy (non-hydrogen) atoms. The van der Waals surface area contributed by atoms with E-state index < -0.39 is 54.4 Å². The second-order valence-electron chi connectivity index (χ2n) is 4.17. The van der Waals surface area contributed by atoms with Crippen LogP contribution in [0, 0.1) is 0 Å². The number of aliphatic carboxylic acids is 1. The zero-order valence-corrected chi connectivity index (χ0v) is 10.1. The van der Waals surface area contributed by atoms with E-state index in [0.29, 0.717) is 0 Å². The molecule has 1 heterocycles. The lowest BCUT2D eigenvalue weighted by Crippen LogP contribution is -2.61. The van der Waals surface area contributed by atoms with E-state index in [1.165, 1.54) is 0 Å². The number of rotatable bonds is 4. The highest BCUT2D eigenvalue weighted by atomic mass is 32.1. The van der Waals surface area contributed by atoms with Crippen LogP contribution in [0.15, 0.2) is 0 Å². The predicted octanol–water partition coefficient (Wildman–Crippen LogP) is -3.08. The molecule has 6 N–H and O–H groups in total. The summed E-state index contributed by atoms with van der Waals surface area (Å²) in [5, 5.41) is 55.6. The van der Waals surface area contributed by atoms with Gasteiger partial charge in [0.2, 0.25) is 4.93 Å². The SMILES string of the molecule is O=C(O)[C@@]1(S)C[C@@H](O)[C@@H](O)C([C@H](O)[C@H](O)CO)O1. The van der Waals surface area contributed by atoms with Gasteiger partial charge in [-0.15, -0.1) is 12.6 Å². The molecule has 0 aromatic carbocycles. The van der Waals surface area contributed by atoms with Crippen molar-refractivity contribution in [2.24, 2.45) is 0 Å². The monoisotopic (exact) mass is 284 g/mol. The largest absolute Gasteiger partial charge is 0.478 e. The summed E-state index contributed by atoms with van der Waals surface area (Å²) in [5.41, 5.74) is 0. The number of hydrogen-bond acceptors (Lipinski definition) is 8. The van der Waals surface area contributed by atoms with Crippen molar-refractivity contribution in [1.29, 1.82) is 0 Å². The molecule has 1 rings (SSSR count). The summed E-state index contributed by atoms with van der Waals surface area (Å²) < 4.78 is 4.94. The standard InChI is InChI=1S/C9H16O8S/c10-2-4(12)6(14)7-5(13)3(11)1-9(18,17-7)8(15)16/h3-7,10-14,18H,1-2H2,(H,15,16)/t3-,4-,5-,6-,7?,9+/m1/s1. The van der Waals surface area contributed by atoms with Crippen molar-refractivity contribution >= 4 is 18.6 Å². The Kier molecular flexibility index (Phi) is 4.95. The third-order valence-electron chi connectivity index (χ3n) is 2.80. The van der Waals surface area contributed by atoms with Crippen LogP contribution < -0.4 is 0 Å². The van der Waals surface area contributed by atoms with Gasteiger partial charge in [0.1, 0.15) is 24.4 Å². The molecule has 9 heteroatoms. The van der Waals surface area contributed by atoms with E-state index in [4.69, 9.17) is 14.9 Å². The maximum atomic E-state index is 10.9. The highest BCUT2D eigenvalue weighted by Crippen LogP contribution is 2.34. The van der Waals surface area contributed by atoms with Gasteiger partial charge in [-0.1, -0.05) is 0 Å². The van der Waals surface area contributed by atoms with E-state index in [2.05, 4.69) is 12.6 Å². The topological polar surface area (TPSA) is 148 Å². The Hall–Kier alpha value is -0.420. The summed E-state index contributed by atoms with van der Waals surface area (Å²) in [6, 6.07) is 0. The fraction of sp³-hybridized carbons (Fsp3) is 0.889. The van der Waals surface area contributed by atoms with Gasteiger partial charge in [0.15, 0.2) is 0 Å². The van der Waals surface area contributed by atoms with Gasteiger partial charge >= 0.3 is 5.97 Å². The number of carboxylic acid groups (broad SMARTS) is 1. The average Bonchev–Trinajstić information content (AvgIpc) is 2.31. The minimum Gasteiger partial charge on any atom is -0.478 e. The summed E-state index contributed by atoms with van der Waals surface area (Å²) in [7, 11) is 0. The number of carboxylic acids is 1. The van der Waals surface area contributed by atoms with Crippen molar-refractivity contribution in [3.63, 3.8) is 0 Å². The molecular formula is C9H16O8S. The van der Waals surface area contributed by atoms with Gasteiger partial charge in [-0.05, 0) is 0 Å². The van der Waals surface area contributed by atoms with Crippen molar-refractivity contribution < 1.29 is 40.2 Å². The van der Waals surface area contributed by atoms with E-state index in [0.717, 1.165) is 0 Å². The minimum atomic E-state index is -2.08. The fourth-order valence-corrected chi connectivity index (χ4v) is 2.01. The molecule has 6 atom stereocenters. The summed E-state index contributed by atoms with van der Waals surface area (Å²) in [6.45, 7) is -0.809. The summed E-state index contributed by atoms with van der Waals surface area (Å²) in [4.78, 5) is 8.86. The molecule has 0 aromatic heterocycles. The fourth-order valence-electron chi connectivity index (χ4n) is 1.70. The van der Waals surface area contributed by atoms with Crippen molar-refractivity contribution in [3.8, 4) is 0 Å². The van der Waals surface area contributed by atoms with Crippen LogP contribution in [0.25, 0.3) is 0 Å². The highest BCUT2D eigenvalue weighted by molar-refractivity contribution is 7.82. The first-order valence-corrected chi connectivity index (χ1v) is 5.64. The summed E-state index contributed by atoms with van der Waals surface area (Å²) >= 11 is 3.75. The number of thiol groups is 1. The highest BCUT2D eigenvalue weighted by Gasteiger charge is 2.52. The Labute approximate surface area is 108 Å². The maximum Gasteiger partial charge on any atom is 0.346 e. The first-order valence-electron chi connectivity index (χ1n) is 5.19. The van der Waals surface area contributed by atoms with Gasteiger partial charge < -0.3 is 35.4 Å². The molecule has 0 spiro atoms. The Morgan fingerprint density at radius 3 is 2.44 bits per heavy atom. The van der Waals surface area contributed by atoms with E-state index in [9.17, 15) is 25.2 Å². The zero-order valence-electron chi connectivity index (χ0n) is 9.25. The molecule has 0 bridgehead atoms. The summed E-state index contributed by atoms with van der Waals surface area (Å²) in [6.07, 6.45) is -8.54. The Balaban J connectivity index is 2.92. The van der Waals surface area contributed by atoms with Crippen LogP contribution in [0.2, 0.25) is 0 Å². The van der Waals surface area contributed by atoms with Gasteiger partial charge in [-0.2, -0.15) is 0 Å². The van der Waals surface area contributed by atoms with Gasteiger partial charge in [-0.25, -0.2) is 4.79 Å². The minimum absolute atomic E-state index is 0.481. The molecule has 0 aromatic rings. The molecule has 1 saturated heterocycles. The lowest BCUT2D eigenvalue weighted by atomic mass is 9.92. The van der Waals surface area contributed by atoms with Crippen LogP contribution in [0.4, 0.5) is 0 Å². The molecule has 0 amide bonds. The lowest BCUT2D eigenvalue weighted by molar-refractivity contribution is -0.230. The Bertz CT molecular complexity index is 313. The van der Waals surface area contributed by atoms with E-state index >= 15 is 0 Å². The van der Waals surface area contributed by atoms with E-state index in [1.807, 2.05) is 0 Å². The van der Waals surface area contributed by atoms with Crippen LogP contribution in [0.5, 0.6) is 0 Å². The molecule has 8 nitrogen and oxygen atoms in total. The number of ether oxygens (including phenoxy) is 1. The molecule has 1 aliphatic heterocycles. The Morgan fingerprint density at radius 1 is 1.44 bits per heavy atom. The molecule has 0 saturated carbocycles. The van der Waals surface area contributed by atoms with Gasteiger partial charge in [0, 0.05) is 6.42 Å². The van der Waals surface area contributed by atoms with Crippen LogP contribution in [0.3, 0.4) is 0 Å². The molecule has 1 aliphatic rings. The smallest absolute Gasteiger partial charge is 0.346 e. The zero-order chi connectivity index (χ0) is 14.1. The summed E-state index contributed by atoms with van der Waals surface area (Å²) in [5.74, 6) is -1.49. The van der Waals surface area contributed by atoms with Crippen LogP contribution >= 0.6 is 12.6 Å². The van der Waals surface area contributed by atoms with Crippen LogP contribution in [0.1, 0.15) is 6.42 Å². The van der Waals surface area contributed by atoms with E-state index in [1.54, 1.807) is 0 Å². The van der Waals surface area contributed by atoms with Crippen molar-refractivity contribution in [2.45, 2.75) is 41.9 Å². The molecule has 1 unspecified atom stereocenters. The normalized spacial score (nSPS) is 40.2. The second kappa shape index (κ2) is 5.70. The molecule has 106 valence electrons. The lowest BCUT2D eigenvalue weighted by Gasteiger charge is -2.42. The van der Waals surface area contributed by atoms with Gasteiger partial charge in [0.25, 0.3) is 0 Å². The number of carbonyl (C=O) groups is 1. The molecule has 1 fully saturated rings. The molecular weight excluding hydrogens is 268 g/mol. The van der Waals surface area contributed by atoms with Crippen molar-refractivity contribution in [1.82, 2.24) is 0 Å². The van der Waals surface area contributed by atoms with Crippen molar-refractivity contribution in [2.75, 3.05) is 6.61 Å². The molecule has 0 aliphatic carbocycles. The number of aliphatic hydroxyl groups excluding tert-OH is 5. The van der Waals surface area contributed by atoms with Gasteiger partial charge in [-0.3, -0.25) is 0 Å². The van der Waals surface area contributed by atoms with Crippen LogP contribution in [-0.4, -0.2) is 78.7 Å². The first kappa shape index (κ1) is 15.6. The molecule has 0 radical (unpaired) electrons. The quantitative estimate of drug-likeness (QED) is 0.269. The van der Waals surface area contributed by atoms with E-state index in [-0.39, 0.29) is 0 Å². The third-order valence-corrected chi connectivity index (χ3v) is 3.28. The third kappa shape index (κ3) is 2.94. The van der Waals surface area contributed by atoms with Crippen LogP contribution in [-0.2, 0) is 9.53 Å². The maximum absolute atomic E-state index is 10.9. The predicted molar refractivity (Wildman–Crippen MR) is 60.0 cm³/mol. The average molecular weight is 284 g/mol. The number of hydrogen-bond donors (Lipinski definition) is 7.